The van der Waals surface area contributed by atoms with Crippen LogP contribution in [0.3, 0.4) is 0 Å². The molecule has 0 bridgehead atoms. The van der Waals surface area contributed by atoms with Crippen molar-refractivity contribution in [3.05, 3.63) is 39.7 Å². The Labute approximate surface area is 110 Å². The highest BCUT2D eigenvalue weighted by Crippen LogP contribution is 2.47. The molecule has 2 rings (SSSR count). The molecule has 0 spiro atoms. The maximum atomic E-state index is 13.8. The largest absolute Gasteiger partial charge is 0.396 e. The van der Waals surface area contributed by atoms with Crippen LogP contribution in [-0.4, -0.2) is 23.2 Å². The van der Waals surface area contributed by atoms with E-state index in [2.05, 4.69) is 5.32 Å². The summed E-state index contributed by atoms with van der Waals surface area (Å²) in [6, 6.07) is 4.19. The summed E-state index contributed by atoms with van der Waals surface area (Å²) in [6.07, 6.45) is 2.88. The first-order valence-corrected chi connectivity index (χ1v) is 6.31. The quantitative estimate of drug-likeness (QED) is 0.585. The average molecular weight is 268 g/mol. The molecular formula is C13H17FN2O3. The molecule has 0 heterocycles. The van der Waals surface area contributed by atoms with Gasteiger partial charge in [-0.1, -0.05) is 12.1 Å². The van der Waals surface area contributed by atoms with Gasteiger partial charge in [0.2, 0.25) is 5.82 Å². The molecule has 1 fully saturated rings. The van der Waals surface area contributed by atoms with E-state index < -0.39 is 16.4 Å². The van der Waals surface area contributed by atoms with Gasteiger partial charge in [0, 0.05) is 31.3 Å². The molecule has 0 saturated heterocycles. The number of nitrogens with zero attached hydrogens (tertiary/aromatic N) is 1. The number of hydrogen-bond donors (Lipinski definition) is 2. The maximum absolute atomic E-state index is 13.8. The van der Waals surface area contributed by atoms with E-state index in [1.807, 2.05) is 0 Å². The number of nitrogens with one attached hydrogen (secondary N) is 1. The van der Waals surface area contributed by atoms with Gasteiger partial charge in [-0.2, -0.15) is 4.39 Å². The lowest BCUT2D eigenvalue weighted by atomic mass is 10.0. The molecular weight excluding hydrogens is 251 g/mol. The highest BCUT2D eigenvalue weighted by Gasteiger charge is 2.41. The van der Waals surface area contributed by atoms with Crippen LogP contribution in [0.4, 0.5) is 10.1 Å². The normalized spacial score (nSPS) is 16.3. The topological polar surface area (TPSA) is 75.4 Å². The molecule has 5 nitrogen and oxygen atoms in total. The highest BCUT2D eigenvalue weighted by molar-refractivity contribution is 5.36. The van der Waals surface area contributed by atoms with Crippen molar-refractivity contribution in [2.75, 3.05) is 13.2 Å². The molecule has 0 atom stereocenters. The molecule has 0 amide bonds. The van der Waals surface area contributed by atoms with Crippen molar-refractivity contribution in [1.29, 1.82) is 0 Å². The molecule has 0 aliphatic heterocycles. The summed E-state index contributed by atoms with van der Waals surface area (Å²) < 4.78 is 13.8. The summed E-state index contributed by atoms with van der Waals surface area (Å²) in [5.74, 6) is -0.771. The fourth-order valence-electron chi connectivity index (χ4n) is 2.24. The van der Waals surface area contributed by atoms with Gasteiger partial charge in [-0.05, 0) is 24.7 Å². The van der Waals surface area contributed by atoms with E-state index in [0.717, 1.165) is 25.3 Å². The third-order valence-corrected chi connectivity index (χ3v) is 3.67. The van der Waals surface area contributed by atoms with E-state index in [1.165, 1.54) is 6.07 Å². The molecule has 104 valence electrons. The summed E-state index contributed by atoms with van der Waals surface area (Å²) >= 11 is 0. The Morgan fingerprint density at radius 2 is 2.21 bits per heavy atom. The van der Waals surface area contributed by atoms with Crippen molar-refractivity contribution in [2.45, 2.75) is 25.8 Å². The number of nitro benzene ring substituents is 1. The standard InChI is InChI=1S/C13H17FN2O3/c14-12-10(2-1-3-11(12)16(18)19)8-15-9-13(4-5-13)6-7-17/h1-3,15,17H,4-9H2. The monoisotopic (exact) mass is 268 g/mol. The molecule has 1 aromatic carbocycles. The Balaban J connectivity index is 1.93. The number of aliphatic hydroxyl groups is 1. The van der Waals surface area contributed by atoms with Crippen molar-refractivity contribution in [3.63, 3.8) is 0 Å². The Morgan fingerprint density at radius 1 is 1.47 bits per heavy atom. The second-order valence-corrected chi connectivity index (χ2v) is 5.08. The predicted molar refractivity (Wildman–Crippen MR) is 68.1 cm³/mol. The predicted octanol–water partition coefficient (Wildman–Crippen LogP) is 1.99. The van der Waals surface area contributed by atoms with Crippen LogP contribution in [0.25, 0.3) is 0 Å². The number of halogens is 1. The van der Waals surface area contributed by atoms with Gasteiger partial charge < -0.3 is 10.4 Å². The van der Waals surface area contributed by atoms with Gasteiger partial charge in [-0.3, -0.25) is 10.1 Å². The summed E-state index contributed by atoms with van der Waals surface area (Å²) in [4.78, 5) is 9.90. The first kappa shape index (κ1) is 13.9. The van der Waals surface area contributed by atoms with E-state index in [1.54, 1.807) is 6.07 Å². The lowest BCUT2D eigenvalue weighted by Crippen LogP contribution is -2.24. The van der Waals surface area contributed by atoms with Gasteiger partial charge in [-0.15, -0.1) is 0 Å². The molecule has 19 heavy (non-hydrogen) atoms. The first-order chi connectivity index (χ1) is 9.08. The first-order valence-electron chi connectivity index (χ1n) is 6.31. The van der Waals surface area contributed by atoms with Crippen LogP contribution < -0.4 is 5.32 Å². The van der Waals surface area contributed by atoms with E-state index in [9.17, 15) is 14.5 Å². The van der Waals surface area contributed by atoms with Gasteiger partial charge in [0.15, 0.2) is 0 Å². The molecule has 6 heteroatoms. The van der Waals surface area contributed by atoms with Crippen molar-refractivity contribution >= 4 is 5.69 Å². The SMILES string of the molecule is O=[N+]([O-])c1cccc(CNCC2(CCO)CC2)c1F. The third kappa shape index (κ3) is 3.27. The fraction of sp³-hybridized carbons (Fsp3) is 0.538. The molecule has 2 N–H and O–H groups in total. The molecule has 1 saturated carbocycles. The molecule has 0 aromatic heterocycles. The van der Waals surface area contributed by atoms with Gasteiger partial charge in [0.05, 0.1) is 4.92 Å². The van der Waals surface area contributed by atoms with E-state index in [0.29, 0.717) is 12.1 Å². The lowest BCUT2D eigenvalue weighted by Gasteiger charge is -2.14. The number of hydrogen-bond acceptors (Lipinski definition) is 4. The average Bonchev–Trinajstić information content (AvgIpc) is 3.11. The molecule has 1 aliphatic rings. The van der Waals surface area contributed by atoms with Gasteiger partial charge in [-0.25, -0.2) is 0 Å². The number of nitro groups is 1. The smallest absolute Gasteiger partial charge is 0.305 e. The van der Waals surface area contributed by atoms with Crippen molar-refractivity contribution in [2.24, 2.45) is 5.41 Å². The zero-order valence-electron chi connectivity index (χ0n) is 10.6. The number of rotatable bonds is 7. The van der Waals surface area contributed by atoms with E-state index >= 15 is 0 Å². The summed E-state index contributed by atoms with van der Waals surface area (Å²) in [7, 11) is 0. The van der Waals surface area contributed by atoms with Crippen LogP contribution in [0.5, 0.6) is 0 Å². The van der Waals surface area contributed by atoms with Crippen LogP contribution in [0.1, 0.15) is 24.8 Å². The van der Waals surface area contributed by atoms with Gasteiger partial charge in [0.25, 0.3) is 0 Å². The Bertz CT molecular complexity index is 475. The Kier molecular flexibility index (Phi) is 4.11. The number of aliphatic hydroxyl groups excluding tert-OH is 1. The number of benzene rings is 1. The van der Waals surface area contributed by atoms with Crippen LogP contribution in [0.15, 0.2) is 18.2 Å². The second kappa shape index (κ2) is 5.63. The fourth-order valence-corrected chi connectivity index (χ4v) is 2.24. The maximum Gasteiger partial charge on any atom is 0.305 e. The van der Waals surface area contributed by atoms with E-state index in [4.69, 9.17) is 5.11 Å². The zero-order chi connectivity index (χ0) is 13.9. The minimum Gasteiger partial charge on any atom is -0.396 e. The van der Waals surface area contributed by atoms with Crippen molar-refractivity contribution in [1.82, 2.24) is 5.32 Å². The van der Waals surface area contributed by atoms with Crippen LogP contribution in [0.2, 0.25) is 0 Å². The van der Waals surface area contributed by atoms with E-state index in [-0.39, 0.29) is 18.6 Å². The third-order valence-electron chi connectivity index (χ3n) is 3.67. The summed E-state index contributed by atoms with van der Waals surface area (Å²) in [5.41, 5.74) is -0.0452. The lowest BCUT2D eigenvalue weighted by molar-refractivity contribution is -0.387. The minimum atomic E-state index is -0.771. The molecule has 0 radical (unpaired) electrons. The van der Waals surface area contributed by atoms with Gasteiger partial charge >= 0.3 is 5.69 Å². The molecule has 0 unspecified atom stereocenters. The second-order valence-electron chi connectivity index (χ2n) is 5.08. The van der Waals surface area contributed by atoms with Crippen LogP contribution in [0, 0.1) is 21.3 Å². The van der Waals surface area contributed by atoms with Crippen LogP contribution in [-0.2, 0) is 6.54 Å². The molecule has 1 aromatic rings. The van der Waals surface area contributed by atoms with Gasteiger partial charge in [0.1, 0.15) is 0 Å². The highest BCUT2D eigenvalue weighted by atomic mass is 19.1. The summed E-state index contributed by atoms with van der Waals surface area (Å²) in [5, 5.41) is 22.7. The minimum absolute atomic E-state index is 0.145. The van der Waals surface area contributed by atoms with Crippen molar-refractivity contribution in [3.8, 4) is 0 Å². The molecule has 1 aliphatic carbocycles. The Hall–Kier alpha value is -1.53. The summed E-state index contributed by atoms with van der Waals surface area (Å²) in [6.45, 7) is 1.13. The van der Waals surface area contributed by atoms with Crippen LogP contribution >= 0.6 is 0 Å². The van der Waals surface area contributed by atoms with Crippen molar-refractivity contribution < 1.29 is 14.4 Å². The zero-order valence-corrected chi connectivity index (χ0v) is 10.6. The Morgan fingerprint density at radius 3 is 2.79 bits per heavy atom.